The molecule has 2 heterocycles. The highest BCUT2D eigenvalue weighted by Gasteiger charge is 2.23. The predicted molar refractivity (Wildman–Crippen MR) is 62.3 cm³/mol. The average molecular weight is 247 g/mol. The Hall–Kier alpha value is -0.230. The van der Waals surface area contributed by atoms with E-state index in [2.05, 4.69) is 33.7 Å². The van der Waals surface area contributed by atoms with Crippen LogP contribution in [0.25, 0.3) is 0 Å². The largest absolute Gasteiger partial charge is 0.311 e. The Balaban J connectivity index is 2.01. The molecular formula is C9H15ClN4S. The van der Waals surface area contributed by atoms with E-state index in [1.54, 1.807) is 0 Å². The SMILES string of the molecule is CC1CN(Cc2nnsc2Cl)C(C)CN1. The number of halogens is 1. The smallest absolute Gasteiger partial charge is 0.138 e. The van der Waals surface area contributed by atoms with Gasteiger partial charge in [-0.05, 0) is 13.8 Å². The maximum Gasteiger partial charge on any atom is 0.138 e. The molecular weight excluding hydrogens is 232 g/mol. The molecule has 1 aliphatic rings. The van der Waals surface area contributed by atoms with Crippen molar-refractivity contribution in [2.24, 2.45) is 0 Å². The summed E-state index contributed by atoms with van der Waals surface area (Å²) in [6.45, 7) is 7.28. The Bertz CT molecular complexity index is 330. The third-order valence-corrected chi connectivity index (χ3v) is 3.74. The maximum atomic E-state index is 5.99. The number of hydrogen-bond donors (Lipinski definition) is 1. The zero-order chi connectivity index (χ0) is 10.8. The van der Waals surface area contributed by atoms with Crippen LogP contribution in [-0.2, 0) is 6.54 Å². The molecule has 6 heteroatoms. The molecule has 0 saturated carbocycles. The predicted octanol–water partition coefficient (Wildman–Crippen LogP) is 1.37. The van der Waals surface area contributed by atoms with Crippen molar-refractivity contribution in [2.75, 3.05) is 13.1 Å². The molecule has 2 rings (SSSR count). The lowest BCUT2D eigenvalue weighted by atomic mass is 10.1. The van der Waals surface area contributed by atoms with Crippen molar-refractivity contribution >= 4 is 23.1 Å². The number of nitrogens with one attached hydrogen (secondary N) is 1. The van der Waals surface area contributed by atoms with Gasteiger partial charge < -0.3 is 5.32 Å². The van der Waals surface area contributed by atoms with E-state index in [0.717, 1.165) is 25.3 Å². The lowest BCUT2D eigenvalue weighted by Gasteiger charge is -2.37. The first-order valence-electron chi connectivity index (χ1n) is 5.11. The Kier molecular flexibility index (Phi) is 3.56. The summed E-state index contributed by atoms with van der Waals surface area (Å²) in [7, 11) is 0. The first-order valence-corrected chi connectivity index (χ1v) is 6.26. The first-order chi connectivity index (χ1) is 7.16. The fourth-order valence-electron chi connectivity index (χ4n) is 1.80. The first kappa shape index (κ1) is 11.3. The molecule has 15 heavy (non-hydrogen) atoms. The molecule has 1 N–H and O–H groups in total. The molecule has 0 aliphatic carbocycles. The third kappa shape index (κ3) is 2.66. The highest BCUT2D eigenvalue weighted by molar-refractivity contribution is 7.10. The van der Waals surface area contributed by atoms with Gasteiger partial charge in [-0.25, -0.2) is 0 Å². The minimum Gasteiger partial charge on any atom is -0.311 e. The van der Waals surface area contributed by atoms with Gasteiger partial charge in [0.25, 0.3) is 0 Å². The van der Waals surface area contributed by atoms with Crippen LogP contribution in [0.2, 0.25) is 4.34 Å². The van der Waals surface area contributed by atoms with Crippen LogP contribution in [0.5, 0.6) is 0 Å². The normalized spacial score (nSPS) is 28.2. The summed E-state index contributed by atoms with van der Waals surface area (Å²) in [5.74, 6) is 0. The van der Waals surface area contributed by atoms with E-state index >= 15 is 0 Å². The van der Waals surface area contributed by atoms with E-state index in [1.807, 2.05) is 0 Å². The zero-order valence-electron chi connectivity index (χ0n) is 8.90. The minimum atomic E-state index is 0.527. The van der Waals surface area contributed by atoms with E-state index in [-0.39, 0.29) is 0 Å². The number of aromatic nitrogens is 2. The zero-order valence-corrected chi connectivity index (χ0v) is 10.5. The van der Waals surface area contributed by atoms with E-state index in [9.17, 15) is 0 Å². The number of hydrogen-bond acceptors (Lipinski definition) is 5. The molecule has 1 aromatic rings. The van der Waals surface area contributed by atoms with E-state index in [4.69, 9.17) is 11.6 Å². The maximum absolute atomic E-state index is 5.99. The van der Waals surface area contributed by atoms with Crippen LogP contribution in [0.1, 0.15) is 19.5 Å². The van der Waals surface area contributed by atoms with Crippen LogP contribution in [-0.4, -0.2) is 39.7 Å². The van der Waals surface area contributed by atoms with Crippen molar-refractivity contribution in [1.82, 2.24) is 19.8 Å². The van der Waals surface area contributed by atoms with Crippen LogP contribution in [0.3, 0.4) is 0 Å². The molecule has 0 radical (unpaired) electrons. The second-order valence-corrected chi connectivity index (χ2v) is 5.44. The van der Waals surface area contributed by atoms with E-state index in [1.165, 1.54) is 11.5 Å². The summed E-state index contributed by atoms with van der Waals surface area (Å²) in [6.07, 6.45) is 0. The summed E-state index contributed by atoms with van der Waals surface area (Å²) >= 11 is 7.25. The van der Waals surface area contributed by atoms with Gasteiger partial charge in [0.2, 0.25) is 0 Å². The lowest BCUT2D eigenvalue weighted by molar-refractivity contribution is 0.137. The number of rotatable bonds is 2. The molecule has 0 amide bonds. The van der Waals surface area contributed by atoms with Gasteiger partial charge in [-0.2, -0.15) is 0 Å². The van der Waals surface area contributed by atoms with Crippen LogP contribution in [0.15, 0.2) is 0 Å². The Morgan fingerprint density at radius 3 is 3.07 bits per heavy atom. The van der Waals surface area contributed by atoms with Crippen LogP contribution in [0, 0.1) is 0 Å². The van der Waals surface area contributed by atoms with Gasteiger partial charge >= 0.3 is 0 Å². The Labute approximate surface area is 98.8 Å². The summed E-state index contributed by atoms with van der Waals surface area (Å²) < 4.78 is 4.56. The molecule has 84 valence electrons. The standard InChI is InChI=1S/C9H15ClN4S/c1-6-4-14(7(2)3-11-6)5-8-9(10)15-13-12-8/h6-7,11H,3-5H2,1-2H3. The van der Waals surface area contributed by atoms with Gasteiger partial charge in [0.15, 0.2) is 0 Å². The fraction of sp³-hybridized carbons (Fsp3) is 0.778. The van der Waals surface area contributed by atoms with Crippen molar-refractivity contribution in [1.29, 1.82) is 0 Å². The van der Waals surface area contributed by atoms with Crippen molar-refractivity contribution in [2.45, 2.75) is 32.5 Å². The highest BCUT2D eigenvalue weighted by atomic mass is 35.5. The fourth-order valence-corrected chi connectivity index (χ4v) is 2.41. The lowest BCUT2D eigenvalue weighted by Crippen LogP contribution is -2.53. The summed E-state index contributed by atoms with van der Waals surface area (Å²) in [6, 6.07) is 1.06. The van der Waals surface area contributed by atoms with Crippen LogP contribution in [0.4, 0.5) is 0 Å². The topological polar surface area (TPSA) is 41.1 Å². The van der Waals surface area contributed by atoms with Crippen LogP contribution < -0.4 is 5.32 Å². The molecule has 0 spiro atoms. The van der Waals surface area contributed by atoms with Gasteiger partial charge in [0.1, 0.15) is 10.0 Å². The van der Waals surface area contributed by atoms with Crippen LogP contribution >= 0.6 is 23.1 Å². The monoisotopic (exact) mass is 246 g/mol. The quantitative estimate of drug-likeness (QED) is 0.856. The summed E-state index contributed by atoms with van der Waals surface area (Å²) in [5.41, 5.74) is 0.905. The Morgan fingerprint density at radius 2 is 2.40 bits per heavy atom. The average Bonchev–Trinajstić information content (AvgIpc) is 2.58. The summed E-state index contributed by atoms with van der Waals surface area (Å²) in [4.78, 5) is 2.39. The molecule has 1 fully saturated rings. The molecule has 0 aromatic carbocycles. The Morgan fingerprint density at radius 1 is 1.60 bits per heavy atom. The van der Waals surface area contributed by atoms with Crippen molar-refractivity contribution < 1.29 is 0 Å². The van der Waals surface area contributed by atoms with Gasteiger partial charge in [0, 0.05) is 43.3 Å². The highest BCUT2D eigenvalue weighted by Crippen LogP contribution is 2.20. The molecule has 4 nitrogen and oxygen atoms in total. The third-order valence-electron chi connectivity index (χ3n) is 2.76. The molecule has 1 saturated heterocycles. The van der Waals surface area contributed by atoms with Gasteiger partial charge in [0.05, 0.1) is 0 Å². The second-order valence-electron chi connectivity index (χ2n) is 4.08. The van der Waals surface area contributed by atoms with Gasteiger partial charge in [-0.15, -0.1) is 5.10 Å². The molecule has 1 aromatic heterocycles. The molecule has 0 bridgehead atoms. The number of piperazine rings is 1. The van der Waals surface area contributed by atoms with Gasteiger partial charge in [-0.1, -0.05) is 16.1 Å². The molecule has 2 unspecified atom stereocenters. The van der Waals surface area contributed by atoms with E-state index in [0.29, 0.717) is 16.4 Å². The van der Waals surface area contributed by atoms with Crippen molar-refractivity contribution in [3.05, 3.63) is 10.0 Å². The minimum absolute atomic E-state index is 0.527. The number of nitrogens with zero attached hydrogens (tertiary/aromatic N) is 3. The van der Waals surface area contributed by atoms with E-state index < -0.39 is 0 Å². The summed E-state index contributed by atoms with van der Waals surface area (Å²) in [5, 5.41) is 7.49. The van der Waals surface area contributed by atoms with Crippen molar-refractivity contribution in [3.8, 4) is 0 Å². The van der Waals surface area contributed by atoms with Gasteiger partial charge in [-0.3, -0.25) is 4.90 Å². The van der Waals surface area contributed by atoms with Crippen molar-refractivity contribution in [3.63, 3.8) is 0 Å². The molecule has 1 aliphatic heterocycles. The second kappa shape index (κ2) is 4.74. The molecule has 2 atom stereocenters.